The number of benzene rings is 1. The molecule has 23 heavy (non-hydrogen) atoms. The highest BCUT2D eigenvalue weighted by molar-refractivity contribution is 5.96. The van der Waals surface area contributed by atoms with E-state index in [-0.39, 0.29) is 17.8 Å². The maximum Gasteiger partial charge on any atom is 0.310 e. The third-order valence-corrected chi connectivity index (χ3v) is 3.92. The molecule has 1 heterocycles. The molecule has 0 spiro atoms. The van der Waals surface area contributed by atoms with Crippen LogP contribution in [0, 0.1) is 5.92 Å². The summed E-state index contributed by atoms with van der Waals surface area (Å²) >= 11 is 0. The lowest BCUT2D eigenvalue weighted by Crippen LogP contribution is -2.30. The number of methoxy groups -OCH3 is 4. The molecule has 1 atom stereocenters. The highest BCUT2D eigenvalue weighted by atomic mass is 16.5. The van der Waals surface area contributed by atoms with Gasteiger partial charge < -0.3 is 23.8 Å². The quantitative estimate of drug-likeness (QED) is 0.762. The fraction of sp³-hybridized carbons (Fsp3) is 0.500. The van der Waals surface area contributed by atoms with Crippen LogP contribution in [0.4, 0.5) is 0 Å². The summed E-state index contributed by atoms with van der Waals surface area (Å²) in [6.07, 6.45) is 0.600. The topological polar surface area (TPSA) is 74.3 Å². The number of esters is 1. The summed E-state index contributed by atoms with van der Waals surface area (Å²) in [5.41, 5.74) is 0.421. The van der Waals surface area contributed by atoms with E-state index in [0.29, 0.717) is 42.3 Å². The number of nitrogens with zero attached hydrogens (tertiary/aromatic N) is 1. The van der Waals surface area contributed by atoms with Crippen LogP contribution in [0.15, 0.2) is 12.1 Å². The number of likely N-dealkylation sites (tertiary alicyclic amines) is 1. The first kappa shape index (κ1) is 16.9. The maximum absolute atomic E-state index is 12.7. The monoisotopic (exact) mass is 323 g/mol. The molecule has 1 aliphatic rings. The molecule has 0 bridgehead atoms. The first-order chi connectivity index (χ1) is 11.0. The Morgan fingerprint density at radius 1 is 1.04 bits per heavy atom. The average molecular weight is 323 g/mol. The Bertz CT molecular complexity index is 575. The van der Waals surface area contributed by atoms with Crippen molar-refractivity contribution < 1.29 is 28.5 Å². The molecule has 0 aromatic heterocycles. The SMILES string of the molecule is COC(=O)C1CCN(C(=O)c2cc(OC)c(OC)c(OC)c2)C1. The van der Waals surface area contributed by atoms with Gasteiger partial charge in [0.1, 0.15) is 0 Å². The van der Waals surface area contributed by atoms with Gasteiger partial charge in [-0.25, -0.2) is 0 Å². The van der Waals surface area contributed by atoms with Gasteiger partial charge in [0.15, 0.2) is 11.5 Å². The minimum absolute atomic E-state index is 0.185. The van der Waals surface area contributed by atoms with Gasteiger partial charge in [-0.2, -0.15) is 0 Å². The van der Waals surface area contributed by atoms with Gasteiger partial charge in [0.25, 0.3) is 5.91 Å². The van der Waals surface area contributed by atoms with E-state index in [9.17, 15) is 9.59 Å². The van der Waals surface area contributed by atoms with Gasteiger partial charge in [0.2, 0.25) is 5.75 Å². The van der Waals surface area contributed by atoms with Crippen molar-refractivity contribution in [3.63, 3.8) is 0 Å². The van der Waals surface area contributed by atoms with Crippen LogP contribution in [0.2, 0.25) is 0 Å². The molecule has 1 aromatic carbocycles. The Labute approximate surface area is 135 Å². The van der Waals surface area contributed by atoms with Crippen LogP contribution in [0.5, 0.6) is 17.2 Å². The second kappa shape index (κ2) is 7.21. The van der Waals surface area contributed by atoms with E-state index in [1.165, 1.54) is 28.4 Å². The standard InChI is InChI=1S/C16H21NO6/c1-20-12-7-11(8-13(21-2)14(12)22-3)15(18)17-6-5-10(9-17)16(19)23-4/h7-8,10H,5-6,9H2,1-4H3. The molecule has 1 aromatic rings. The van der Waals surface area contributed by atoms with E-state index in [0.717, 1.165) is 0 Å². The number of amides is 1. The first-order valence-electron chi connectivity index (χ1n) is 7.22. The molecule has 1 aliphatic heterocycles. The third-order valence-electron chi connectivity index (χ3n) is 3.92. The highest BCUT2D eigenvalue weighted by Gasteiger charge is 2.32. The number of hydrogen-bond acceptors (Lipinski definition) is 6. The Kier molecular flexibility index (Phi) is 5.31. The van der Waals surface area contributed by atoms with Crippen molar-refractivity contribution in [3.05, 3.63) is 17.7 Å². The van der Waals surface area contributed by atoms with Gasteiger partial charge in [-0.3, -0.25) is 9.59 Å². The van der Waals surface area contributed by atoms with Crippen molar-refractivity contribution >= 4 is 11.9 Å². The number of carbonyl (C=O) groups is 2. The molecule has 7 heteroatoms. The summed E-state index contributed by atoms with van der Waals surface area (Å²) in [5.74, 6) is 0.519. The number of carbonyl (C=O) groups excluding carboxylic acids is 2. The van der Waals surface area contributed by atoms with Crippen LogP contribution in [-0.4, -0.2) is 58.3 Å². The van der Waals surface area contributed by atoms with Gasteiger partial charge in [-0.1, -0.05) is 0 Å². The summed E-state index contributed by atoms with van der Waals surface area (Å²) in [6, 6.07) is 3.21. The Hall–Kier alpha value is -2.44. The first-order valence-corrected chi connectivity index (χ1v) is 7.22. The number of ether oxygens (including phenoxy) is 4. The summed E-state index contributed by atoms with van der Waals surface area (Å²) in [4.78, 5) is 25.9. The molecule has 0 saturated carbocycles. The van der Waals surface area contributed by atoms with Crippen molar-refractivity contribution in [1.82, 2.24) is 4.90 Å². The van der Waals surface area contributed by atoms with Crippen molar-refractivity contribution in [3.8, 4) is 17.2 Å². The fourth-order valence-electron chi connectivity index (χ4n) is 2.69. The van der Waals surface area contributed by atoms with Crippen LogP contribution >= 0.6 is 0 Å². The van der Waals surface area contributed by atoms with Gasteiger partial charge in [0, 0.05) is 18.7 Å². The third kappa shape index (κ3) is 3.33. The lowest BCUT2D eigenvalue weighted by Gasteiger charge is -2.18. The number of rotatable bonds is 5. The maximum atomic E-state index is 12.7. The van der Waals surface area contributed by atoms with Crippen LogP contribution in [0.3, 0.4) is 0 Å². The van der Waals surface area contributed by atoms with Crippen molar-refractivity contribution in [2.75, 3.05) is 41.5 Å². The summed E-state index contributed by atoms with van der Waals surface area (Å²) in [5, 5.41) is 0. The highest BCUT2D eigenvalue weighted by Crippen LogP contribution is 2.38. The second-order valence-corrected chi connectivity index (χ2v) is 5.17. The zero-order valence-corrected chi connectivity index (χ0v) is 13.8. The molecule has 7 nitrogen and oxygen atoms in total. The van der Waals surface area contributed by atoms with Crippen molar-refractivity contribution in [1.29, 1.82) is 0 Å². The molecule has 0 N–H and O–H groups in total. The smallest absolute Gasteiger partial charge is 0.310 e. The predicted octanol–water partition coefficient (Wildman–Crippen LogP) is 1.35. The van der Waals surface area contributed by atoms with Gasteiger partial charge in [-0.15, -0.1) is 0 Å². The van der Waals surface area contributed by atoms with Gasteiger partial charge in [-0.05, 0) is 18.6 Å². The van der Waals surface area contributed by atoms with E-state index >= 15 is 0 Å². The molecule has 0 aliphatic carbocycles. The Morgan fingerprint density at radius 3 is 2.13 bits per heavy atom. The van der Waals surface area contributed by atoms with Crippen molar-refractivity contribution in [2.45, 2.75) is 6.42 Å². The summed E-state index contributed by atoms with van der Waals surface area (Å²) < 4.78 is 20.5. The molecule has 0 radical (unpaired) electrons. The number of hydrogen-bond donors (Lipinski definition) is 0. The summed E-state index contributed by atoms with van der Waals surface area (Å²) in [7, 11) is 5.85. The molecule has 2 rings (SSSR count). The molecule has 1 unspecified atom stereocenters. The van der Waals surface area contributed by atoms with Crippen LogP contribution in [0.1, 0.15) is 16.8 Å². The molecular weight excluding hydrogens is 302 g/mol. The molecular formula is C16H21NO6. The lowest BCUT2D eigenvalue weighted by molar-refractivity contribution is -0.144. The van der Waals surface area contributed by atoms with E-state index in [1.54, 1.807) is 17.0 Å². The summed E-state index contributed by atoms with van der Waals surface area (Å²) in [6.45, 7) is 0.859. The zero-order chi connectivity index (χ0) is 17.0. The zero-order valence-electron chi connectivity index (χ0n) is 13.8. The van der Waals surface area contributed by atoms with Gasteiger partial charge >= 0.3 is 5.97 Å². The lowest BCUT2D eigenvalue weighted by atomic mass is 10.1. The minimum Gasteiger partial charge on any atom is -0.493 e. The van der Waals surface area contributed by atoms with E-state index in [1.807, 2.05) is 0 Å². The van der Waals surface area contributed by atoms with Crippen LogP contribution < -0.4 is 14.2 Å². The van der Waals surface area contributed by atoms with E-state index < -0.39 is 0 Å². The fourth-order valence-corrected chi connectivity index (χ4v) is 2.69. The van der Waals surface area contributed by atoms with Crippen molar-refractivity contribution in [2.24, 2.45) is 5.92 Å². The molecule has 126 valence electrons. The second-order valence-electron chi connectivity index (χ2n) is 5.17. The normalized spacial score (nSPS) is 16.9. The molecule has 1 saturated heterocycles. The minimum atomic E-state index is -0.287. The largest absolute Gasteiger partial charge is 0.493 e. The average Bonchev–Trinajstić information content (AvgIpc) is 3.08. The van der Waals surface area contributed by atoms with E-state index in [4.69, 9.17) is 18.9 Å². The van der Waals surface area contributed by atoms with Crippen LogP contribution in [-0.2, 0) is 9.53 Å². The predicted molar refractivity (Wildman–Crippen MR) is 82.1 cm³/mol. The molecule has 1 fully saturated rings. The molecule has 1 amide bonds. The Balaban J connectivity index is 2.25. The van der Waals surface area contributed by atoms with Crippen LogP contribution in [0.25, 0.3) is 0 Å². The van der Waals surface area contributed by atoms with Gasteiger partial charge in [0.05, 0.1) is 34.4 Å². The Morgan fingerprint density at radius 2 is 1.65 bits per heavy atom. The van der Waals surface area contributed by atoms with E-state index in [2.05, 4.69) is 0 Å².